The van der Waals surface area contributed by atoms with Crippen molar-refractivity contribution in [1.29, 1.82) is 0 Å². The van der Waals surface area contributed by atoms with Crippen LogP contribution >= 0.6 is 23.5 Å². The molecule has 3 heterocycles. The zero-order chi connectivity index (χ0) is 27.2. The molecule has 0 saturated carbocycles. The number of unbranched alkanes of at least 4 members (excludes halogenated alkanes) is 4. The van der Waals surface area contributed by atoms with Gasteiger partial charge >= 0.3 is 5.82 Å². The predicted octanol–water partition coefficient (Wildman–Crippen LogP) is 6.34. The van der Waals surface area contributed by atoms with Gasteiger partial charge in [0.15, 0.2) is 11.5 Å². The molecule has 1 fully saturated rings. The monoisotopic (exact) mass is 564 g/mol. The van der Waals surface area contributed by atoms with E-state index >= 15 is 0 Å². The molecular formula is C27H36N2O7S2. The Labute approximate surface area is 231 Å². The van der Waals surface area contributed by atoms with Gasteiger partial charge in [-0.2, -0.15) is 0 Å². The molecule has 4 rings (SSSR count). The predicted molar refractivity (Wildman–Crippen MR) is 148 cm³/mol. The van der Waals surface area contributed by atoms with Crippen molar-refractivity contribution in [3.8, 4) is 11.5 Å². The molecule has 1 aromatic carbocycles. The highest BCUT2D eigenvalue weighted by molar-refractivity contribution is 8.25. The second kappa shape index (κ2) is 13.0. The molecule has 208 valence electrons. The smallest absolute Gasteiger partial charge is 0.488 e. The van der Waals surface area contributed by atoms with Crippen LogP contribution in [-0.2, 0) is 9.59 Å². The highest BCUT2D eigenvalue weighted by Crippen LogP contribution is 2.62. The van der Waals surface area contributed by atoms with Gasteiger partial charge in [0.05, 0.1) is 27.2 Å². The summed E-state index contributed by atoms with van der Waals surface area (Å²) < 4.78 is 23.6. The Morgan fingerprint density at radius 3 is 1.47 bits per heavy atom. The van der Waals surface area contributed by atoms with Gasteiger partial charge in [-0.1, -0.05) is 76.9 Å². The van der Waals surface area contributed by atoms with E-state index in [0.29, 0.717) is 51.8 Å². The van der Waals surface area contributed by atoms with Crippen molar-refractivity contribution in [2.45, 2.75) is 88.9 Å². The van der Waals surface area contributed by atoms with Crippen LogP contribution in [0.3, 0.4) is 0 Å². The van der Waals surface area contributed by atoms with Gasteiger partial charge in [0.25, 0.3) is 11.8 Å². The molecule has 2 aromatic rings. The third kappa shape index (κ3) is 5.59. The molecule has 2 aliphatic rings. The van der Waals surface area contributed by atoms with Crippen LogP contribution < -0.4 is 15.3 Å². The number of rotatable bonds is 14. The lowest BCUT2D eigenvalue weighted by atomic mass is 10.2. The fraction of sp³-hybridized carbons (Fsp3) is 0.593. The van der Waals surface area contributed by atoms with Crippen molar-refractivity contribution < 1.29 is 27.9 Å². The number of fused-ring (bicyclic) bond motifs is 2. The Morgan fingerprint density at radius 2 is 1.08 bits per heavy atom. The molecule has 11 heteroatoms. The number of thioether (sulfide) groups is 2. The zero-order valence-electron chi connectivity index (χ0n) is 22.6. The number of amides is 2. The molecule has 0 aliphatic carbocycles. The van der Waals surface area contributed by atoms with Crippen LogP contribution in [0.15, 0.2) is 33.2 Å². The number of nitrogens with zero attached hydrogens (tertiary/aromatic N) is 2. The summed E-state index contributed by atoms with van der Waals surface area (Å²) in [5.74, 6) is -0.626. The lowest BCUT2D eigenvalue weighted by Crippen LogP contribution is -2.42. The summed E-state index contributed by atoms with van der Waals surface area (Å²) in [6.45, 7) is 10.1. The number of hydrogen-bond donors (Lipinski definition) is 0. The van der Waals surface area contributed by atoms with Crippen molar-refractivity contribution in [3.05, 3.63) is 20.4 Å². The minimum atomic E-state index is -0.836. The van der Waals surface area contributed by atoms with Crippen LogP contribution in [0.25, 0.3) is 11.2 Å². The number of hydrazine groups is 1. The molecule has 1 aromatic heterocycles. The number of hydrogen-bond acceptors (Lipinski definition) is 9. The third-order valence-electron chi connectivity index (χ3n) is 6.33. The summed E-state index contributed by atoms with van der Waals surface area (Å²) in [5.41, 5.74) is 0.545. The Hall–Kier alpha value is -2.53. The van der Waals surface area contributed by atoms with E-state index < -0.39 is 5.82 Å². The largest absolute Gasteiger partial charge is 0.519 e. The fourth-order valence-electron chi connectivity index (χ4n) is 4.19. The number of ether oxygens (including phenoxy) is 2. The second-order valence-corrected chi connectivity index (χ2v) is 11.6. The van der Waals surface area contributed by atoms with Crippen LogP contribution in [0.5, 0.6) is 11.5 Å². The van der Waals surface area contributed by atoms with Crippen LogP contribution in [0.1, 0.15) is 79.1 Å². The molecule has 0 unspecified atom stereocenters. The number of carbonyl (C=O) groups excluding carboxylic acids is 2. The van der Waals surface area contributed by atoms with Gasteiger partial charge < -0.3 is 18.3 Å². The molecule has 38 heavy (non-hydrogen) atoms. The van der Waals surface area contributed by atoms with E-state index in [2.05, 4.69) is 27.7 Å². The first-order valence-corrected chi connectivity index (χ1v) is 15.2. The van der Waals surface area contributed by atoms with E-state index in [9.17, 15) is 14.4 Å². The van der Waals surface area contributed by atoms with Gasteiger partial charge in [-0.15, -0.1) is 0 Å². The van der Waals surface area contributed by atoms with E-state index in [1.54, 1.807) is 10.0 Å². The summed E-state index contributed by atoms with van der Waals surface area (Å²) >= 11 is 2.59. The number of benzene rings is 1. The van der Waals surface area contributed by atoms with Crippen molar-refractivity contribution in [1.82, 2.24) is 10.0 Å². The zero-order valence-corrected chi connectivity index (χ0v) is 24.2. The topological polar surface area (TPSA) is 102 Å². The Morgan fingerprint density at radius 1 is 0.658 bits per heavy atom. The molecule has 0 radical (unpaired) electrons. The van der Waals surface area contributed by atoms with E-state index in [-0.39, 0.29) is 28.6 Å². The van der Waals surface area contributed by atoms with Crippen LogP contribution in [-0.4, -0.2) is 48.1 Å². The lowest BCUT2D eigenvalue weighted by molar-refractivity contribution is -0.147. The summed E-state index contributed by atoms with van der Waals surface area (Å²) in [5, 5.41) is 3.19. The fourth-order valence-corrected chi connectivity index (χ4v) is 6.89. The van der Waals surface area contributed by atoms with E-state index in [1.165, 1.54) is 23.5 Å². The Kier molecular flexibility index (Phi) is 9.75. The quantitative estimate of drug-likeness (QED) is 0.148. The van der Waals surface area contributed by atoms with Crippen molar-refractivity contribution in [3.63, 3.8) is 0 Å². The molecule has 0 spiro atoms. The molecule has 2 aliphatic heterocycles. The number of carbonyl (C=O) groups is 2. The molecular weight excluding hydrogens is 528 g/mol. The van der Waals surface area contributed by atoms with Crippen molar-refractivity contribution in [2.24, 2.45) is 0 Å². The van der Waals surface area contributed by atoms with Gasteiger partial charge in [0.2, 0.25) is 11.2 Å². The molecule has 9 nitrogen and oxygen atoms in total. The minimum absolute atomic E-state index is 0.167. The standard InChI is InChI=1S/C27H36N2O7S2/c1-5-9-13-28-24(30)17(25(31)29(28)14-10-6-2)26-37-22-20(33-15-11-7-3)18-19(36-27(32)35-18)21(23(22)38-26)34-16-12-8-4/h5-16H2,1-4H3. The normalized spacial score (nSPS) is 15.4. The average Bonchev–Trinajstić information content (AvgIpc) is 3.56. The van der Waals surface area contributed by atoms with Gasteiger partial charge in [-0.25, -0.2) is 14.8 Å². The first-order chi connectivity index (χ1) is 18.5. The molecule has 2 amide bonds. The van der Waals surface area contributed by atoms with Gasteiger partial charge in [-0.05, 0) is 25.7 Å². The molecule has 0 bridgehead atoms. The summed E-state index contributed by atoms with van der Waals surface area (Å²) in [7, 11) is 0. The highest BCUT2D eigenvalue weighted by atomic mass is 32.2. The first-order valence-electron chi connectivity index (χ1n) is 13.6. The molecule has 0 N–H and O–H groups in total. The van der Waals surface area contributed by atoms with Gasteiger partial charge in [0.1, 0.15) is 5.57 Å². The van der Waals surface area contributed by atoms with Gasteiger partial charge in [0, 0.05) is 13.1 Å². The summed E-state index contributed by atoms with van der Waals surface area (Å²) in [4.78, 5) is 40.6. The van der Waals surface area contributed by atoms with Crippen LogP contribution in [0, 0.1) is 0 Å². The Bertz CT molecular complexity index is 1180. The molecule has 0 atom stereocenters. The highest BCUT2D eigenvalue weighted by Gasteiger charge is 2.45. The summed E-state index contributed by atoms with van der Waals surface area (Å²) in [6.07, 6.45) is 6.95. The molecule has 1 saturated heterocycles. The second-order valence-electron chi connectivity index (χ2n) is 9.26. The third-order valence-corrected chi connectivity index (χ3v) is 8.92. The van der Waals surface area contributed by atoms with Crippen LogP contribution in [0.2, 0.25) is 0 Å². The Balaban J connectivity index is 1.80. The first kappa shape index (κ1) is 28.5. The maximum absolute atomic E-state index is 13.6. The van der Waals surface area contributed by atoms with Gasteiger partial charge in [-0.3, -0.25) is 9.59 Å². The summed E-state index contributed by atoms with van der Waals surface area (Å²) in [6, 6.07) is 0. The van der Waals surface area contributed by atoms with E-state index in [0.717, 1.165) is 51.4 Å². The SMILES string of the molecule is CCCCOc1c2c(c(OCCCC)c3oc(=O)oc13)SC(=C1C(=O)N(CCCC)N(CCCC)C1=O)S2. The minimum Gasteiger partial charge on any atom is -0.488 e. The maximum atomic E-state index is 13.6. The van der Waals surface area contributed by atoms with E-state index in [1.807, 2.05) is 0 Å². The average molecular weight is 565 g/mol. The van der Waals surface area contributed by atoms with Crippen LogP contribution in [0.4, 0.5) is 0 Å². The maximum Gasteiger partial charge on any atom is 0.519 e. The lowest BCUT2D eigenvalue weighted by Gasteiger charge is -2.27. The van der Waals surface area contributed by atoms with E-state index in [4.69, 9.17) is 18.3 Å². The van der Waals surface area contributed by atoms with Crippen molar-refractivity contribution >= 4 is 46.5 Å². The van der Waals surface area contributed by atoms with Crippen molar-refractivity contribution in [2.75, 3.05) is 26.3 Å².